The van der Waals surface area contributed by atoms with Crippen LogP contribution in [0.15, 0.2) is 29.2 Å². The number of carbonyl (C=O) groups is 1. The lowest BCUT2D eigenvalue weighted by molar-refractivity contribution is -0.118. The molecule has 7 heteroatoms. The molecule has 0 aliphatic rings. The number of benzene rings is 1. The first-order chi connectivity index (χ1) is 9.36. The number of nitrogens with one attached hydrogen (secondary N) is 2. The van der Waals surface area contributed by atoms with E-state index in [1.807, 2.05) is 6.92 Å². The second kappa shape index (κ2) is 7.25. The molecule has 0 aliphatic carbocycles. The molecule has 0 heterocycles. The minimum absolute atomic E-state index is 0.136. The number of anilines is 1. The second-order valence-corrected chi connectivity index (χ2v) is 6.35. The van der Waals surface area contributed by atoms with Crippen LogP contribution in [0.3, 0.4) is 0 Å². The van der Waals surface area contributed by atoms with Crippen molar-refractivity contribution in [3.8, 4) is 0 Å². The molecule has 20 heavy (non-hydrogen) atoms. The summed E-state index contributed by atoms with van der Waals surface area (Å²) in [7, 11) is -3.56. The van der Waals surface area contributed by atoms with Gasteiger partial charge in [0.25, 0.3) is 0 Å². The zero-order chi connectivity index (χ0) is 15.2. The third-order valence-electron chi connectivity index (χ3n) is 2.63. The van der Waals surface area contributed by atoms with Gasteiger partial charge in [0.05, 0.1) is 5.69 Å². The molecule has 0 spiro atoms. The fourth-order valence-electron chi connectivity index (χ4n) is 1.75. The van der Waals surface area contributed by atoms with Gasteiger partial charge < -0.3 is 11.1 Å². The van der Waals surface area contributed by atoms with Crippen LogP contribution in [0.2, 0.25) is 0 Å². The molecule has 1 aromatic rings. The topological polar surface area (TPSA) is 101 Å². The van der Waals surface area contributed by atoms with E-state index in [-0.39, 0.29) is 17.4 Å². The van der Waals surface area contributed by atoms with E-state index in [9.17, 15) is 13.2 Å². The molecule has 0 aromatic heterocycles. The molecular weight excluding hydrogens is 278 g/mol. The average molecular weight is 299 g/mol. The molecule has 1 unspecified atom stereocenters. The highest BCUT2D eigenvalue weighted by molar-refractivity contribution is 7.89. The number of sulfonamides is 1. The Kier molecular flexibility index (Phi) is 5.97. The van der Waals surface area contributed by atoms with Crippen molar-refractivity contribution in [1.29, 1.82) is 0 Å². The Morgan fingerprint density at radius 3 is 2.60 bits per heavy atom. The van der Waals surface area contributed by atoms with Crippen LogP contribution in [-0.4, -0.2) is 26.9 Å². The van der Waals surface area contributed by atoms with Crippen LogP contribution in [0, 0.1) is 0 Å². The number of rotatable bonds is 8. The molecule has 112 valence electrons. The van der Waals surface area contributed by atoms with E-state index in [0.29, 0.717) is 18.7 Å². The number of primary amides is 1. The summed E-state index contributed by atoms with van der Waals surface area (Å²) < 4.78 is 26.9. The lowest BCUT2D eigenvalue weighted by Crippen LogP contribution is -2.28. The Balaban J connectivity index is 2.96. The Hall–Kier alpha value is -1.60. The quantitative estimate of drug-likeness (QED) is 0.668. The highest BCUT2D eigenvalue weighted by Crippen LogP contribution is 2.21. The van der Waals surface area contributed by atoms with Crippen LogP contribution >= 0.6 is 0 Å². The van der Waals surface area contributed by atoms with Gasteiger partial charge in [-0.05, 0) is 25.5 Å². The lowest BCUT2D eigenvalue weighted by atomic mass is 10.2. The normalized spacial score (nSPS) is 12.9. The van der Waals surface area contributed by atoms with Crippen molar-refractivity contribution in [2.45, 2.75) is 37.6 Å². The van der Waals surface area contributed by atoms with E-state index in [1.54, 1.807) is 25.1 Å². The van der Waals surface area contributed by atoms with Gasteiger partial charge >= 0.3 is 0 Å². The van der Waals surface area contributed by atoms with Crippen molar-refractivity contribution >= 4 is 21.6 Å². The number of carbonyl (C=O) groups excluding carboxylic acids is 1. The molecule has 1 amide bonds. The molecule has 6 nitrogen and oxygen atoms in total. The zero-order valence-electron chi connectivity index (χ0n) is 11.7. The monoisotopic (exact) mass is 299 g/mol. The van der Waals surface area contributed by atoms with Crippen LogP contribution in [0.1, 0.15) is 26.7 Å². The van der Waals surface area contributed by atoms with E-state index in [4.69, 9.17) is 5.73 Å². The van der Waals surface area contributed by atoms with Gasteiger partial charge in [-0.1, -0.05) is 19.1 Å². The lowest BCUT2D eigenvalue weighted by Gasteiger charge is -2.17. The fraction of sp³-hybridized carbons (Fsp3) is 0.462. The summed E-state index contributed by atoms with van der Waals surface area (Å²) in [4.78, 5) is 11.0. The van der Waals surface area contributed by atoms with Crippen molar-refractivity contribution in [2.24, 2.45) is 5.73 Å². The Morgan fingerprint density at radius 1 is 1.35 bits per heavy atom. The first kappa shape index (κ1) is 16.5. The van der Waals surface area contributed by atoms with Gasteiger partial charge in [-0.3, -0.25) is 4.79 Å². The first-order valence-corrected chi connectivity index (χ1v) is 7.98. The van der Waals surface area contributed by atoms with Crippen LogP contribution in [0.5, 0.6) is 0 Å². The Labute approximate surface area is 119 Å². The van der Waals surface area contributed by atoms with E-state index in [0.717, 1.165) is 0 Å². The third kappa shape index (κ3) is 4.82. The second-order valence-electron chi connectivity index (χ2n) is 4.61. The minimum atomic E-state index is -3.56. The maximum absolute atomic E-state index is 12.2. The highest BCUT2D eigenvalue weighted by atomic mass is 32.2. The molecule has 0 aliphatic heterocycles. The van der Waals surface area contributed by atoms with Crippen molar-refractivity contribution in [3.05, 3.63) is 24.3 Å². The number of hydrogen-bond donors (Lipinski definition) is 3. The summed E-state index contributed by atoms with van der Waals surface area (Å²) in [6, 6.07) is 6.34. The molecule has 0 saturated carbocycles. The largest absolute Gasteiger partial charge is 0.381 e. The van der Waals surface area contributed by atoms with Crippen LogP contribution in [0.25, 0.3) is 0 Å². The Bertz CT molecular complexity index is 558. The van der Waals surface area contributed by atoms with Crippen molar-refractivity contribution in [3.63, 3.8) is 0 Å². The van der Waals surface area contributed by atoms with E-state index in [1.165, 1.54) is 6.07 Å². The smallest absolute Gasteiger partial charge is 0.242 e. The fourth-order valence-corrected chi connectivity index (χ4v) is 3.06. The maximum atomic E-state index is 12.2. The van der Waals surface area contributed by atoms with Crippen molar-refractivity contribution < 1.29 is 13.2 Å². The van der Waals surface area contributed by atoms with Gasteiger partial charge in [0.1, 0.15) is 4.90 Å². The van der Waals surface area contributed by atoms with Crippen molar-refractivity contribution in [1.82, 2.24) is 4.72 Å². The van der Waals surface area contributed by atoms with E-state index >= 15 is 0 Å². The van der Waals surface area contributed by atoms with Gasteiger partial charge in [0.15, 0.2) is 0 Å². The number of hydrogen-bond acceptors (Lipinski definition) is 4. The molecule has 0 saturated heterocycles. The maximum Gasteiger partial charge on any atom is 0.242 e. The van der Waals surface area contributed by atoms with E-state index in [2.05, 4.69) is 10.0 Å². The van der Waals surface area contributed by atoms with Crippen molar-refractivity contribution in [2.75, 3.05) is 11.9 Å². The number of para-hydroxylation sites is 1. The summed E-state index contributed by atoms with van der Waals surface area (Å²) in [5.74, 6) is -0.436. The van der Waals surface area contributed by atoms with Crippen LogP contribution < -0.4 is 15.8 Å². The van der Waals surface area contributed by atoms with Crippen LogP contribution in [0.4, 0.5) is 5.69 Å². The molecule has 0 radical (unpaired) electrons. The van der Waals surface area contributed by atoms with Gasteiger partial charge in [-0.25, -0.2) is 13.1 Å². The number of nitrogens with two attached hydrogens (primary N) is 1. The highest BCUT2D eigenvalue weighted by Gasteiger charge is 2.18. The number of amides is 1. The van der Waals surface area contributed by atoms with Gasteiger partial charge in [0, 0.05) is 19.0 Å². The van der Waals surface area contributed by atoms with Gasteiger partial charge in [-0.15, -0.1) is 0 Å². The summed E-state index contributed by atoms with van der Waals surface area (Å²) in [5, 5.41) is 3.00. The van der Waals surface area contributed by atoms with Crippen LogP contribution in [-0.2, 0) is 14.8 Å². The van der Waals surface area contributed by atoms with Gasteiger partial charge in [-0.2, -0.15) is 0 Å². The molecular formula is C13H21N3O3S. The van der Waals surface area contributed by atoms with E-state index < -0.39 is 15.9 Å². The molecule has 0 bridgehead atoms. The minimum Gasteiger partial charge on any atom is -0.381 e. The Morgan fingerprint density at radius 2 is 2.00 bits per heavy atom. The summed E-state index contributed by atoms with van der Waals surface area (Å²) >= 11 is 0. The summed E-state index contributed by atoms with van der Waals surface area (Å²) in [6.07, 6.45) is 0.851. The third-order valence-corrected chi connectivity index (χ3v) is 4.15. The predicted octanol–water partition coefficient (Wildman–Crippen LogP) is 1.05. The summed E-state index contributed by atoms with van der Waals surface area (Å²) in [6.45, 7) is 4.04. The predicted molar refractivity (Wildman–Crippen MR) is 78.8 cm³/mol. The molecule has 1 aromatic carbocycles. The SMILES string of the molecule is CCCNS(=O)(=O)c1ccccc1NC(C)CC(N)=O. The molecule has 1 atom stereocenters. The molecule has 0 fully saturated rings. The standard InChI is InChI=1S/C13H21N3O3S/c1-3-8-15-20(18,19)12-7-5-4-6-11(12)16-10(2)9-13(14)17/h4-7,10,15-16H,3,8-9H2,1-2H3,(H2,14,17). The first-order valence-electron chi connectivity index (χ1n) is 6.50. The van der Waals surface area contributed by atoms with Gasteiger partial charge in [0.2, 0.25) is 15.9 Å². The molecule has 1 rings (SSSR count). The molecule has 4 N–H and O–H groups in total. The summed E-state index contributed by atoms with van der Waals surface area (Å²) in [5.41, 5.74) is 5.59. The zero-order valence-corrected chi connectivity index (χ0v) is 12.5. The average Bonchev–Trinajstić information content (AvgIpc) is 2.36.